The summed E-state index contributed by atoms with van der Waals surface area (Å²) in [5, 5.41) is 11.1. The predicted molar refractivity (Wildman–Crippen MR) is 67.1 cm³/mol. The summed E-state index contributed by atoms with van der Waals surface area (Å²) < 4.78 is 6.85. The van der Waals surface area contributed by atoms with E-state index in [9.17, 15) is 0 Å². The van der Waals surface area contributed by atoms with Crippen molar-refractivity contribution in [3.63, 3.8) is 0 Å². The molecule has 5 nitrogen and oxygen atoms in total. The minimum Gasteiger partial charge on any atom is -0.348 e. The Morgan fingerprint density at radius 3 is 2.94 bits per heavy atom. The lowest BCUT2D eigenvalue weighted by molar-refractivity contribution is 0.300. The van der Waals surface area contributed by atoms with E-state index in [0.717, 1.165) is 23.9 Å². The molecule has 1 atom stereocenters. The molecule has 5 heteroatoms. The van der Waals surface area contributed by atoms with Crippen molar-refractivity contribution in [2.24, 2.45) is 5.92 Å². The lowest BCUT2D eigenvalue weighted by atomic mass is 10.1. The van der Waals surface area contributed by atoms with Crippen LogP contribution in [0.1, 0.15) is 35.8 Å². The number of hydrogen-bond donors (Lipinski definition) is 1. The van der Waals surface area contributed by atoms with Gasteiger partial charge in [0.2, 0.25) is 0 Å². The third-order valence-corrected chi connectivity index (χ3v) is 3.62. The van der Waals surface area contributed by atoms with Crippen LogP contribution in [0.25, 0.3) is 0 Å². The number of nitrogens with one attached hydrogen (secondary N) is 1. The summed E-state index contributed by atoms with van der Waals surface area (Å²) in [5.74, 6) is 0.807. The molecular formula is C13H18N4O. The molecule has 1 aliphatic carbocycles. The Morgan fingerprint density at radius 2 is 2.33 bits per heavy atom. The molecule has 3 rings (SSSR count). The Hall–Kier alpha value is -1.62. The summed E-state index contributed by atoms with van der Waals surface area (Å²) >= 11 is 0. The lowest BCUT2D eigenvalue weighted by Gasteiger charge is -2.13. The molecule has 1 aliphatic rings. The van der Waals surface area contributed by atoms with E-state index in [1.54, 1.807) is 0 Å². The molecular weight excluding hydrogens is 228 g/mol. The van der Waals surface area contributed by atoms with Gasteiger partial charge in [-0.2, -0.15) is 0 Å². The van der Waals surface area contributed by atoms with Gasteiger partial charge in [0, 0.05) is 18.4 Å². The standard InChI is InChI=1S/C13H18N4O/c1-9-12(16-18-15-9)8-17-6-5-11(7-17)13(14-2)10-3-4-10/h5-7,10,13-14H,3-4,8H2,1-2H3. The quantitative estimate of drug-likeness (QED) is 0.875. The van der Waals surface area contributed by atoms with E-state index >= 15 is 0 Å². The van der Waals surface area contributed by atoms with Crippen LogP contribution in [0.15, 0.2) is 23.1 Å². The topological polar surface area (TPSA) is 55.9 Å². The third kappa shape index (κ3) is 2.18. The van der Waals surface area contributed by atoms with Gasteiger partial charge in [0.15, 0.2) is 0 Å². The first kappa shape index (κ1) is 11.5. The van der Waals surface area contributed by atoms with Gasteiger partial charge in [0.25, 0.3) is 0 Å². The summed E-state index contributed by atoms with van der Waals surface area (Å²) in [6, 6.07) is 2.67. The smallest absolute Gasteiger partial charge is 0.127 e. The second-order valence-electron chi connectivity index (χ2n) is 5.02. The van der Waals surface area contributed by atoms with E-state index in [1.165, 1.54) is 18.4 Å². The second kappa shape index (κ2) is 4.57. The van der Waals surface area contributed by atoms with Crippen molar-refractivity contribution in [1.82, 2.24) is 20.2 Å². The Kier molecular flexibility index (Phi) is 2.91. The van der Waals surface area contributed by atoms with Crippen LogP contribution in [0.2, 0.25) is 0 Å². The molecule has 0 saturated heterocycles. The minimum atomic E-state index is 0.489. The SMILES string of the molecule is CNC(c1ccn(Cc2nonc2C)c1)C1CC1. The molecule has 0 spiro atoms. The van der Waals surface area contributed by atoms with Crippen LogP contribution < -0.4 is 5.32 Å². The van der Waals surface area contributed by atoms with Gasteiger partial charge >= 0.3 is 0 Å². The number of aryl methyl sites for hydroxylation is 1. The van der Waals surface area contributed by atoms with Crippen LogP contribution in [0.3, 0.4) is 0 Å². The molecule has 0 aromatic carbocycles. The van der Waals surface area contributed by atoms with Crippen LogP contribution >= 0.6 is 0 Å². The molecule has 1 unspecified atom stereocenters. The molecule has 96 valence electrons. The Morgan fingerprint density at radius 1 is 1.50 bits per heavy atom. The molecule has 1 saturated carbocycles. The zero-order valence-corrected chi connectivity index (χ0v) is 10.8. The highest BCUT2D eigenvalue weighted by Gasteiger charge is 2.31. The van der Waals surface area contributed by atoms with E-state index in [-0.39, 0.29) is 0 Å². The van der Waals surface area contributed by atoms with Gasteiger partial charge in [-0.15, -0.1) is 0 Å². The first-order chi connectivity index (χ1) is 8.78. The first-order valence-electron chi connectivity index (χ1n) is 6.39. The average molecular weight is 246 g/mol. The van der Waals surface area contributed by atoms with E-state index in [0.29, 0.717) is 6.04 Å². The Balaban J connectivity index is 1.75. The number of aromatic nitrogens is 3. The molecule has 2 aromatic rings. The fraction of sp³-hybridized carbons (Fsp3) is 0.538. The second-order valence-corrected chi connectivity index (χ2v) is 5.02. The first-order valence-corrected chi connectivity index (χ1v) is 6.39. The zero-order valence-electron chi connectivity index (χ0n) is 10.8. The highest BCUT2D eigenvalue weighted by atomic mass is 16.6. The molecule has 0 bridgehead atoms. The largest absolute Gasteiger partial charge is 0.348 e. The summed E-state index contributed by atoms with van der Waals surface area (Å²) in [6.07, 6.45) is 6.95. The van der Waals surface area contributed by atoms with Crippen LogP contribution in [0.5, 0.6) is 0 Å². The number of hydrogen-bond acceptors (Lipinski definition) is 4. The number of nitrogens with zero attached hydrogens (tertiary/aromatic N) is 3. The van der Waals surface area contributed by atoms with Crippen LogP contribution in [-0.4, -0.2) is 21.9 Å². The van der Waals surface area contributed by atoms with Crippen molar-refractivity contribution in [3.8, 4) is 0 Å². The van der Waals surface area contributed by atoms with Crippen LogP contribution in [0.4, 0.5) is 0 Å². The molecule has 0 radical (unpaired) electrons. The van der Waals surface area contributed by atoms with E-state index in [1.807, 2.05) is 14.0 Å². The molecule has 2 aromatic heterocycles. The monoisotopic (exact) mass is 246 g/mol. The van der Waals surface area contributed by atoms with Crippen LogP contribution in [-0.2, 0) is 6.54 Å². The fourth-order valence-corrected chi connectivity index (χ4v) is 2.41. The normalized spacial score (nSPS) is 17.0. The maximum atomic E-state index is 4.72. The van der Waals surface area contributed by atoms with Crippen molar-refractivity contribution >= 4 is 0 Å². The van der Waals surface area contributed by atoms with Gasteiger partial charge < -0.3 is 9.88 Å². The van der Waals surface area contributed by atoms with Gasteiger partial charge in [-0.25, -0.2) is 4.63 Å². The molecule has 2 heterocycles. The summed E-state index contributed by atoms with van der Waals surface area (Å²) in [4.78, 5) is 0. The highest BCUT2D eigenvalue weighted by Crippen LogP contribution is 2.40. The predicted octanol–water partition coefficient (Wildman–Crippen LogP) is 1.90. The lowest BCUT2D eigenvalue weighted by Crippen LogP contribution is -2.17. The van der Waals surface area contributed by atoms with Crippen molar-refractivity contribution in [2.45, 2.75) is 32.4 Å². The number of rotatable bonds is 5. The molecule has 0 amide bonds. The Bertz CT molecular complexity index is 527. The van der Waals surface area contributed by atoms with Gasteiger partial charge in [-0.05, 0) is 44.4 Å². The molecule has 1 fully saturated rings. The molecule has 1 N–H and O–H groups in total. The van der Waals surface area contributed by atoms with Gasteiger partial charge in [0.05, 0.1) is 6.54 Å². The average Bonchev–Trinajstić information content (AvgIpc) is 2.96. The van der Waals surface area contributed by atoms with Gasteiger partial charge in [0.1, 0.15) is 11.4 Å². The van der Waals surface area contributed by atoms with E-state index in [2.05, 4.69) is 38.7 Å². The van der Waals surface area contributed by atoms with Crippen LogP contribution in [0, 0.1) is 12.8 Å². The zero-order chi connectivity index (χ0) is 12.5. The summed E-state index contributed by atoms with van der Waals surface area (Å²) in [5.41, 5.74) is 3.11. The van der Waals surface area contributed by atoms with Crippen molar-refractivity contribution in [1.29, 1.82) is 0 Å². The van der Waals surface area contributed by atoms with E-state index in [4.69, 9.17) is 4.63 Å². The molecule has 18 heavy (non-hydrogen) atoms. The van der Waals surface area contributed by atoms with Crippen molar-refractivity contribution in [2.75, 3.05) is 7.05 Å². The van der Waals surface area contributed by atoms with E-state index < -0.39 is 0 Å². The Labute approximate surface area is 106 Å². The fourth-order valence-electron chi connectivity index (χ4n) is 2.41. The third-order valence-electron chi connectivity index (χ3n) is 3.62. The maximum Gasteiger partial charge on any atom is 0.127 e. The summed E-state index contributed by atoms with van der Waals surface area (Å²) in [7, 11) is 2.03. The summed E-state index contributed by atoms with van der Waals surface area (Å²) in [6.45, 7) is 2.63. The minimum absolute atomic E-state index is 0.489. The maximum absolute atomic E-state index is 4.72. The van der Waals surface area contributed by atoms with Gasteiger partial charge in [-0.1, -0.05) is 10.3 Å². The highest BCUT2D eigenvalue weighted by molar-refractivity contribution is 5.19. The van der Waals surface area contributed by atoms with Crippen molar-refractivity contribution in [3.05, 3.63) is 35.4 Å². The van der Waals surface area contributed by atoms with Gasteiger partial charge in [-0.3, -0.25) is 0 Å². The molecule has 0 aliphatic heterocycles. The van der Waals surface area contributed by atoms with Crippen molar-refractivity contribution < 1.29 is 4.63 Å².